The van der Waals surface area contributed by atoms with Crippen LogP contribution in [0, 0.1) is 0 Å². The number of nitrogens with zero attached hydrogens (tertiary/aromatic N) is 2. The van der Waals surface area contributed by atoms with Gasteiger partial charge in [0.1, 0.15) is 0 Å². The van der Waals surface area contributed by atoms with Crippen LogP contribution in [0.25, 0.3) is 5.69 Å². The minimum atomic E-state index is 0. The van der Waals surface area contributed by atoms with Gasteiger partial charge in [0.15, 0.2) is 0 Å². The molecule has 5 nitrogen and oxygen atoms in total. The number of rotatable bonds is 5. The molecule has 1 fully saturated rings. The van der Waals surface area contributed by atoms with Gasteiger partial charge in [0, 0.05) is 30.5 Å². The van der Waals surface area contributed by atoms with Gasteiger partial charge >= 0.3 is 0 Å². The summed E-state index contributed by atoms with van der Waals surface area (Å²) in [7, 11) is 0. The highest BCUT2D eigenvalue weighted by Crippen LogP contribution is 2.14. The summed E-state index contributed by atoms with van der Waals surface area (Å²) in [5, 5.41) is 10.5. The van der Waals surface area contributed by atoms with Crippen molar-refractivity contribution in [2.75, 3.05) is 11.9 Å². The van der Waals surface area contributed by atoms with Crippen molar-refractivity contribution >= 4 is 24.0 Å². The van der Waals surface area contributed by atoms with Crippen LogP contribution in [0.3, 0.4) is 0 Å². The summed E-state index contributed by atoms with van der Waals surface area (Å²) in [5.74, 6) is 0.0792. The molecule has 1 saturated heterocycles. The van der Waals surface area contributed by atoms with E-state index in [-0.39, 0.29) is 18.3 Å². The Labute approximate surface area is 136 Å². The fraction of sp³-hybridized carbons (Fsp3) is 0.375. The highest BCUT2D eigenvalue weighted by Gasteiger charge is 2.15. The maximum Gasteiger partial charge on any atom is 0.224 e. The number of carbonyl (C=O) groups is 1. The predicted molar refractivity (Wildman–Crippen MR) is 89.7 cm³/mol. The second-order valence-electron chi connectivity index (χ2n) is 5.38. The van der Waals surface area contributed by atoms with Crippen molar-refractivity contribution in [2.24, 2.45) is 0 Å². The number of nitrogens with one attached hydrogen (secondary N) is 2. The fourth-order valence-electron chi connectivity index (χ4n) is 2.65. The summed E-state index contributed by atoms with van der Waals surface area (Å²) in [4.78, 5) is 11.9. The monoisotopic (exact) mass is 320 g/mol. The maximum atomic E-state index is 11.9. The molecule has 0 spiro atoms. The van der Waals surface area contributed by atoms with Crippen LogP contribution in [0.1, 0.15) is 25.7 Å². The topological polar surface area (TPSA) is 59.0 Å². The highest BCUT2D eigenvalue weighted by molar-refractivity contribution is 5.90. The van der Waals surface area contributed by atoms with Crippen LogP contribution in [0.15, 0.2) is 42.7 Å². The smallest absolute Gasteiger partial charge is 0.224 e. The second-order valence-corrected chi connectivity index (χ2v) is 5.38. The molecule has 2 N–H and O–H groups in total. The summed E-state index contributed by atoms with van der Waals surface area (Å²) in [6, 6.07) is 10.1. The molecule has 2 heterocycles. The Morgan fingerprint density at radius 2 is 2.18 bits per heavy atom. The summed E-state index contributed by atoms with van der Waals surface area (Å²) >= 11 is 0. The van der Waals surface area contributed by atoms with Gasteiger partial charge in [-0.25, -0.2) is 4.68 Å². The van der Waals surface area contributed by atoms with E-state index in [0.29, 0.717) is 12.5 Å². The average Bonchev–Trinajstić information content (AvgIpc) is 3.19. The summed E-state index contributed by atoms with van der Waals surface area (Å²) in [6.07, 6.45) is 7.53. The molecule has 1 aromatic carbocycles. The molecule has 1 amide bonds. The van der Waals surface area contributed by atoms with Crippen LogP contribution in [-0.4, -0.2) is 28.3 Å². The summed E-state index contributed by atoms with van der Waals surface area (Å²) in [5.41, 5.74) is 1.81. The molecule has 0 bridgehead atoms. The predicted octanol–water partition coefficient (Wildman–Crippen LogP) is 2.76. The third-order valence-electron chi connectivity index (χ3n) is 3.80. The van der Waals surface area contributed by atoms with Crippen LogP contribution >= 0.6 is 12.4 Å². The number of hydrogen-bond acceptors (Lipinski definition) is 3. The quantitative estimate of drug-likeness (QED) is 0.890. The zero-order chi connectivity index (χ0) is 14.5. The molecule has 3 rings (SSSR count). The molecule has 1 aromatic heterocycles. The third kappa shape index (κ3) is 4.32. The first-order valence-corrected chi connectivity index (χ1v) is 7.44. The number of anilines is 1. The second kappa shape index (κ2) is 7.96. The van der Waals surface area contributed by atoms with E-state index in [9.17, 15) is 4.79 Å². The summed E-state index contributed by atoms with van der Waals surface area (Å²) in [6.45, 7) is 1.08. The minimum absolute atomic E-state index is 0. The van der Waals surface area contributed by atoms with Crippen molar-refractivity contribution < 1.29 is 4.79 Å². The van der Waals surface area contributed by atoms with Gasteiger partial charge in [-0.3, -0.25) is 4.79 Å². The number of amides is 1. The first-order chi connectivity index (χ1) is 10.3. The molecule has 118 valence electrons. The lowest BCUT2D eigenvalue weighted by Crippen LogP contribution is -2.23. The SMILES string of the molecule is Cl.O=C(CCC1CCCN1)Nc1ccc(-n2cccn2)cc1. The standard InChI is InChI=1S/C16H20N4O.ClH/c21-16(9-6-13-3-1-10-17-13)19-14-4-7-15(8-5-14)20-12-2-11-18-20;/h2,4-5,7-8,11-13,17H,1,3,6,9-10H2,(H,19,21);1H. The van der Waals surface area contributed by atoms with Crippen LogP contribution in [-0.2, 0) is 4.79 Å². The Morgan fingerprint density at radius 3 is 2.82 bits per heavy atom. The van der Waals surface area contributed by atoms with Crippen molar-refractivity contribution in [3.05, 3.63) is 42.7 Å². The van der Waals surface area contributed by atoms with Crippen molar-refractivity contribution in [3.63, 3.8) is 0 Å². The van der Waals surface area contributed by atoms with Gasteiger partial charge in [0.25, 0.3) is 0 Å². The van der Waals surface area contributed by atoms with Gasteiger partial charge in [-0.1, -0.05) is 0 Å². The first kappa shape index (κ1) is 16.5. The molecule has 1 atom stereocenters. The molecule has 0 aliphatic carbocycles. The third-order valence-corrected chi connectivity index (χ3v) is 3.80. The Bertz CT molecular complexity index is 577. The molecular formula is C16H21ClN4O. The summed E-state index contributed by atoms with van der Waals surface area (Å²) < 4.78 is 1.79. The van der Waals surface area contributed by atoms with E-state index >= 15 is 0 Å². The van der Waals surface area contributed by atoms with Crippen molar-refractivity contribution in [2.45, 2.75) is 31.7 Å². The van der Waals surface area contributed by atoms with E-state index in [0.717, 1.165) is 24.3 Å². The van der Waals surface area contributed by atoms with Crippen LogP contribution in [0.4, 0.5) is 5.69 Å². The van der Waals surface area contributed by atoms with E-state index in [1.807, 2.05) is 36.5 Å². The number of benzene rings is 1. The van der Waals surface area contributed by atoms with Gasteiger partial charge in [0.2, 0.25) is 5.91 Å². The Balaban J connectivity index is 0.00000176. The highest BCUT2D eigenvalue weighted by atomic mass is 35.5. The van der Waals surface area contributed by atoms with Crippen LogP contribution in [0.5, 0.6) is 0 Å². The molecular weight excluding hydrogens is 300 g/mol. The van der Waals surface area contributed by atoms with Crippen LogP contribution < -0.4 is 10.6 Å². The van der Waals surface area contributed by atoms with Gasteiger partial charge in [-0.2, -0.15) is 5.10 Å². The van der Waals surface area contributed by atoms with Gasteiger partial charge < -0.3 is 10.6 Å². The van der Waals surface area contributed by atoms with Crippen molar-refractivity contribution in [3.8, 4) is 5.69 Å². The molecule has 1 unspecified atom stereocenters. The zero-order valence-corrected chi connectivity index (χ0v) is 13.2. The molecule has 2 aromatic rings. The van der Waals surface area contributed by atoms with Gasteiger partial charge in [-0.15, -0.1) is 12.4 Å². The Kier molecular flexibility index (Phi) is 5.98. The lowest BCUT2D eigenvalue weighted by Gasteiger charge is -2.10. The van der Waals surface area contributed by atoms with Crippen LogP contribution in [0.2, 0.25) is 0 Å². The maximum absolute atomic E-state index is 11.9. The van der Waals surface area contributed by atoms with Crippen molar-refractivity contribution in [1.82, 2.24) is 15.1 Å². The van der Waals surface area contributed by atoms with Crippen molar-refractivity contribution in [1.29, 1.82) is 0 Å². The molecule has 6 heteroatoms. The first-order valence-electron chi connectivity index (χ1n) is 7.44. The normalized spacial score (nSPS) is 17.0. The largest absolute Gasteiger partial charge is 0.326 e. The van der Waals surface area contributed by atoms with Gasteiger partial charge in [-0.05, 0) is 56.1 Å². The zero-order valence-electron chi connectivity index (χ0n) is 12.4. The Morgan fingerprint density at radius 1 is 1.36 bits per heavy atom. The minimum Gasteiger partial charge on any atom is -0.326 e. The molecule has 1 aliphatic rings. The van der Waals surface area contributed by atoms with E-state index in [4.69, 9.17) is 0 Å². The molecule has 1 aliphatic heterocycles. The lowest BCUT2D eigenvalue weighted by molar-refractivity contribution is -0.116. The van der Waals surface area contributed by atoms with E-state index < -0.39 is 0 Å². The number of hydrogen-bond donors (Lipinski definition) is 2. The Hall–Kier alpha value is -1.85. The van der Waals surface area contributed by atoms with E-state index in [2.05, 4.69) is 15.7 Å². The van der Waals surface area contributed by atoms with E-state index in [1.165, 1.54) is 12.8 Å². The fourth-order valence-corrected chi connectivity index (χ4v) is 2.65. The van der Waals surface area contributed by atoms with Gasteiger partial charge in [0.05, 0.1) is 5.69 Å². The number of aromatic nitrogens is 2. The number of carbonyl (C=O) groups excluding carboxylic acids is 1. The molecule has 22 heavy (non-hydrogen) atoms. The molecule has 0 saturated carbocycles. The number of halogens is 1. The molecule has 0 radical (unpaired) electrons. The lowest BCUT2D eigenvalue weighted by atomic mass is 10.1. The van der Waals surface area contributed by atoms with E-state index in [1.54, 1.807) is 10.9 Å². The average molecular weight is 321 g/mol.